The number of rotatable bonds is 7. The van der Waals surface area contributed by atoms with Gasteiger partial charge in [0.05, 0.1) is 5.56 Å². The monoisotopic (exact) mass is 394 g/mol. The molecule has 0 unspecified atom stereocenters. The number of hydrogen-bond donors (Lipinski definition) is 0. The van der Waals surface area contributed by atoms with Crippen molar-refractivity contribution in [2.24, 2.45) is 0 Å². The van der Waals surface area contributed by atoms with Crippen LogP contribution in [0.15, 0.2) is 48.5 Å². The number of ether oxygens (including phenoxy) is 1. The van der Waals surface area contributed by atoms with E-state index in [-0.39, 0.29) is 22.1 Å². The normalized spacial score (nSPS) is 11.8. The maximum Gasteiger partial charge on any atom is 0.426 e. The molecule has 0 amide bonds. The Kier molecular flexibility index (Phi) is 5.87. The third-order valence-electron chi connectivity index (χ3n) is 4.55. The zero-order chi connectivity index (χ0) is 20.3. The quantitative estimate of drug-likeness (QED) is 0.236. The van der Waals surface area contributed by atoms with E-state index in [4.69, 9.17) is 4.74 Å². The van der Waals surface area contributed by atoms with E-state index < -0.39 is 23.6 Å². The van der Waals surface area contributed by atoms with Gasteiger partial charge in [0.2, 0.25) is 0 Å². The molecule has 3 aromatic rings. The fraction of sp³-hybridized carbons (Fsp3) is 0.273. The number of alkyl halides is 2. The number of benzene rings is 3. The first-order valence-electron chi connectivity index (χ1n) is 9.05. The Morgan fingerprint density at radius 1 is 0.857 bits per heavy atom. The summed E-state index contributed by atoms with van der Waals surface area (Å²) >= 11 is 0. The van der Waals surface area contributed by atoms with E-state index in [0.717, 1.165) is 55.5 Å². The highest BCUT2D eigenvalue weighted by atomic mass is 19.3. The van der Waals surface area contributed by atoms with Crippen molar-refractivity contribution in [2.45, 2.75) is 38.7 Å². The van der Waals surface area contributed by atoms with Gasteiger partial charge in [-0.3, -0.25) is 0 Å². The fourth-order valence-electron chi connectivity index (χ4n) is 3.00. The van der Waals surface area contributed by atoms with Crippen molar-refractivity contribution in [1.82, 2.24) is 0 Å². The highest BCUT2D eigenvalue weighted by Gasteiger charge is 2.34. The van der Waals surface area contributed by atoms with Gasteiger partial charge in [-0.05, 0) is 60.2 Å². The lowest BCUT2D eigenvalue weighted by Crippen LogP contribution is -2.21. The summed E-state index contributed by atoms with van der Waals surface area (Å²) in [5.41, 5.74) is 0.634. The number of unbranched alkanes of at least 4 members (excludes halogenated alkanes) is 2. The molecule has 3 aromatic carbocycles. The second-order valence-corrected chi connectivity index (χ2v) is 6.64. The van der Waals surface area contributed by atoms with Crippen LogP contribution in [0, 0.1) is 17.5 Å². The molecule has 0 aliphatic carbocycles. The third kappa shape index (κ3) is 4.26. The van der Waals surface area contributed by atoms with Gasteiger partial charge < -0.3 is 4.74 Å². The van der Waals surface area contributed by atoms with Crippen LogP contribution in [0.3, 0.4) is 0 Å². The van der Waals surface area contributed by atoms with Crippen LogP contribution in [0.25, 0.3) is 10.8 Å². The second-order valence-electron chi connectivity index (χ2n) is 6.64. The first-order chi connectivity index (χ1) is 13.3. The molecule has 0 aliphatic rings. The Hall–Kier alpha value is -2.63. The molecule has 0 radical (unpaired) electrons. The molecule has 28 heavy (non-hydrogen) atoms. The average Bonchev–Trinajstić information content (AvgIpc) is 2.66. The molecule has 0 N–H and O–H groups in total. The molecule has 0 aliphatic heterocycles. The summed E-state index contributed by atoms with van der Waals surface area (Å²) in [4.78, 5) is 0. The van der Waals surface area contributed by atoms with Crippen molar-refractivity contribution in [2.75, 3.05) is 0 Å². The highest BCUT2D eigenvalue weighted by Crippen LogP contribution is 2.34. The number of aryl methyl sites for hydroxylation is 1. The van der Waals surface area contributed by atoms with Gasteiger partial charge in [0, 0.05) is 5.39 Å². The molecule has 0 aromatic heterocycles. The van der Waals surface area contributed by atoms with Crippen molar-refractivity contribution >= 4 is 10.8 Å². The largest absolute Gasteiger partial charge is 0.429 e. The van der Waals surface area contributed by atoms with Gasteiger partial charge in [0.15, 0.2) is 17.5 Å². The van der Waals surface area contributed by atoms with Crippen LogP contribution in [0.4, 0.5) is 22.0 Å². The lowest BCUT2D eigenvalue weighted by atomic mass is 10.0. The molecule has 6 heteroatoms. The van der Waals surface area contributed by atoms with E-state index in [1.807, 2.05) is 0 Å². The molecule has 0 bridgehead atoms. The third-order valence-corrected chi connectivity index (χ3v) is 4.55. The van der Waals surface area contributed by atoms with Gasteiger partial charge in [0.25, 0.3) is 0 Å². The maximum atomic E-state index is 14.5. The van der Waals surface area contributed by atoms with Gasteiger partial charge >= 0.3 is 6.11 Å². The molecular formula is C22H19F5O. The minimum atomic E-state index is -3.63. The van der Waals surface area contributed by atoms with E-state index >= 15 is 0 Å². The lowest BCUT2D eigenvalue weighted by Gasteiger charge is -2.19. The molecule has 0 saturated heterocycles. The molecule has 0 atom stereocenters. The summed E-state index contributed by atoms with van der Waals surface area (Å²) in [5, 5.41) is -0.290. The standard InChI is InChI=1S/C22H19F5O/c1-2-3-4-5-14-6-8-16(9-7-14)22(26,27)28-17-10-11-18-15(12-17)13-19(23)21(25)20(18)24/h6-13H,2-5H2,1H3. The molecule has 0 saturated carbocycles. The van der Waals surface area contributed by atoms with Crippen LogP contribution in [0.2, 0.25) is 0 Å². The van der Waals surface area contributed by atoms with Crippen LogP contribution < -0.4 is 4.74 Å². The van der Waals surface area contributed by atoms with E-state index in [0.29, 0.717) is 0 Å². The second kappa shape index (κ2) is 8.17. The van der Waals surface area contributed by atoms with E-state index in [9.17, 15) is 22.0 Å². The molecule has 148 valence electrons. The zero-order valence-corrected chi connectivity index (χ0v) is 15.2. The van der Waals surface area contributed by atoms with Crippen molar-refractivity contribution in [3.05, 3.63) is 77.1 Å². The van der Waals surface area contributed by atoms with Crippen LogP contribution in [0.1, 0.15) is 37.3 Å². The topological polar surface area (TPSA) is 9.23 Å². The predicted molar refractivity (Wildman–Crippen MR) is 98.0 cm³/mol. The Labute approximate surface area is 159 Å². The summed E-state index contributed by atoms with van der Waals surface area (Å²) in [5.74, 6) is -4.65. The van der Waals surface area contributed by atoms with Gasteiger partial charge in [-0.1, -0.05) is 31.9 Å². The molecular weight excluding hydrogens is 375 g/mol. The van der Waals surface area contributed by atoms with Crippen molar-refractivity contribution < 1.29 is 26.7 Å². The number of halogens is 5. The smallest absolute Gasteiger partial charge is 0.426 e. The first-order valence-corrected chi connectivity index (χ1v) is 9.05. The molecule has 1 nitrogen and oxygen atoms in total. The van der Waals surface area contributed by atoms with Crippen molar-refractivity contribution in [3.8, 4) is 5.75 Å². The zero-order valence-electron chi connectivity index (χ0n) is 15.2. The Balaban J connectivity index is 1.80. The summed E-state index contributed by atoms with van der Waals surface area (Å²) in [6, 6.07) is 9.84. The molecule has 0 spiro atoms. The van der Waals surface area contributed by atoms with Gasteiger partial charge in [-0.15, -0.1) is 0 Å². The molecule has 3 rings (SSSR count). The van der Waals surface area contributed by atoms with Crippen molar-refractivity contribution in [1.29, 1.82) is 0 Å². The Morgan fingerprint density at radius 2 is 1.57 bits per heavy atom. The highest BCUT2D eigenvalue weighted by molar-refractivity contribution is 5.84. The molecule has 0 fully saturated rings. The van der Waals surface area contributed by atoms with E-state index in [1.165, 1.54) is 12.1 Å². The SMILES string of the molecule is CCCCCc1ccc(C(F)(F)Oc2ccc3c(F)c(F)c(F)cc3c2)cc1. The minimum Gasteiger partial charge on any atom is -0.429 e. The minimum absolute atomic E-state index is 0.0732. The van der Waals surface area contributed by atoms with Crippen LogP contribution >= 0.6 is 0 Å². The van der Waals surface area contributed by atoms with Gasteiger partial charge in [-0.2, -0.15) is 8.78 Å². The average molecular weight is 394 g/mol. The van der Waals surface area contributed by atoms with Gasteiger partial charge in [-0.25, -0.2) is 13.2 Å². The van der Waals surface area contributed by atoms with Crippen LogP contribution in [-0.4, -0.2) is 0 Å². The first kappa shape index (κ1) is 20.1. The van der Waals surface area contributed by atoms with Gasteiger partial charge in [0.1, 0.15) is 5.75 Å². The lowest BCUT2D eigenvalue weighted by molar-refractivity contribution is -0.185. The Bertz CT molecular complexity index is 967. The fourth-order valence-corrected chi connectivity index (χ4v) is 3.00. The summed E-state index contributed by atoms with van der Waals surface area (Å²) in [6.45, 7) is 2.09. The summed E-state index contributed by atoms with van der Waals surface area (Å²) < 4.78 is 74.1. The van der Waals surface area contributed by atoms with Crippen LogP contribution in [0.5, 0.6) is 5.75 Å². The van der Waals surface area contributed by atoms with E-state index in [2.05, 4.69) is 6.92 Å². The van der Waals surface area contributed by atoms with Crippen molar-refractivity contribution in [3.63, 3.8) is 0 Å². The number of fused-ring (bicyclic) bond motifs is 1. The van der Waals surface area contributed by atoms with Crippen LogP contribution in [-0.2, 0) is 12.5 Å². The summed E-state index contributed by atoms with van der Waals surface area (Å²) in [7, 11) is 0. The Morgan fingerprint density at radius 3 is 2.25 bits per heavy atom. The molecule has 0 heterocycles. The predicted octanol–water partition coefficient (Wildman–Crippen LogP) is 7.12. The maximum absolute atomic E-state index is 14.5. The number of hydrogen-bond acceptors (Lipinski definition) is 1. The van der Waals surface area contributed by atoms with E-state index in [1.54, 1.807) is 12.1 Å². The summed E-state index contributed by atoms with van der Waals surface area (Å²) in [6.07, 6.45) is 0.337.